The van der Waals surface area contributed by atoms with Crippen LogP contribution in [0.4, 0.5) is 11.5 Å². The number of anilines is 2. The number of methoxy groups -OCH3 is 1. The van der Waals surface area contributed by atoms with Crippen molar-refractivity contribution >= 4 is 29.0 Å². The zero-order chi connectivity index (χ0) is 20.0. The van der Waals surface area contributed by atoms with Gasteiger partial charge in [-0.1, -0.05) is 25.4 Å². The highest BCUT2D eigenvalue weighted by Crippen LogP contribution is 2.36. The summed E-state index contributed by atoms with van der Waals surface area (Å²) in [4.78, 5) is 18.7. The van der Waals surface area contributed by atoms with E-state index in [0.717, 1.165) is 12.2 Å². The summed E-state index contributed by atoms with van der Waals surface area (Å²) < 4.78 is 11.1. The zero-order valence-corrected chi connectivity index (χ0v) is 17.1. The van der Waals surface area contributed by atoms with Gasteiger partial charge in [0.05, 0.1) is 30.6 Å². The van der Waals surface area contributed by atoms with Crippen LogP contribution < -0.4 is 19.7 Å². The van der Waals surface area contributed by atoms with E-state index in [0.29, 0.717) is 40.3 Å². The molecule has 0 bridgehead atoms. The molecule has 0 aliphatic rings. The predicted molar refractivity (Wildman–Crippen MR) is 109 cm³/mol. The molecule has 27 heavy (non-hydrogen) atoms. The van der Waals surface area contributed by atoms with Crippen molar-refractivity contribution in [1.29, 1.82) is 0 Å². The molecule has 1 heterocycles. The van der Waals surface area contributed by atoms with Gasteiger partial charge in [0.2, 0.25) is 0 Å². The molecule has 0 saturated carbocycles. The Bertz CT molecular complexity index is 777. The maximum absolute atomic E-state index is 12.6. The third-order valence-electron chi connectivity index (χ3n) is 3.90. The Labute approximate surface area is 165 Å². The second-order valence-electron chi connectivity index (χ2n) is 6.77. The van der Waals surface area contributed by atoms with E-state index >= 15 is 0 Å². The first-order valence-corrected chi connectivity index (χ1v) is 9.14. The first-order chi connectivity index (χ1) is 12.8. The molecule has 0 fully saturated rings. The Morgan fingerprint density at radius 3 is 2.59 bits per heavy atom. The fourth-order valence-corrected chi connectivity index (χ4v) is 2.58. The van der Waals surface area contributed by atoms with E-state index in [2.05, 4.69) is 24.1 Å². The van der Waals surface area contributed by atoms with Crippen molar-refractivity contribution in [3.63, 3.8) is 0 Å². The van der Waals surface area contributed by atoms with Crippen LogP contribution in [0.3, 0.4) is 0 Å². The molecule has 0 saturated heterocycles. The van der Waals surface area contributed by atoms with Crippen molar-refractivity contribution in [3.8, 4) is 11.5 Å². The Balaban J connectivity index is 2.15. The largest absolute Gasteiger partial charge is 0.493 e. The molecule has 2 aromatic rings. The zero-order valence-electron chi connectivity index (χ0n) is 16.4. The smallest absolute Gasteiger partial charge is 0.255 e. The SMILES string of the molecule is COc1cc(C(=O)Nc2ccc(N(C)C)nc2)cc(Cl)c1OCCC(C)C. The van der Waals surface area contributed by atoms with E-state index in [-0.39, 0.29) is 5.91 Å². The average molecular weight is 392 g/mol. The van der Waals surface area contributed by atoms with E-state index in [1.165, 1.54) is 7.11 Å². The minimum atomic E-state index is -0.302. The van der Waals surface area contributed by atoms with Crippen LogP contribution in [0, 0.1) is 5.92 Å². The highest BCUT2D eigenvalue weighted by atomic mass is 35.5. The molecule has 6 nitrogen and oxygen atoms in total. The number of hydrogen-bond acceptors (Lipinski definition) is 5. The number of carbonyl (C=O) groups excluding carboxylic acids is 1. The van der Waals surface area contributed by atoms with Crippen molar-refractivity contribution in [1.82, 2.24) is 4.98 Å². The van der Waals surface area contributed by atoms with E-state index in [1.807, 2.05) is 25.1 Å². The molecule has 1 N–H and O–H groups in total. The number of ether oxygens (including phenoxy) is 2. The standard InChI is InChI=1S/C20H26ClN3O3/c1-13(2)8-9-27-19-16(21)10-14(11-17(19)26-5)20(25)23-15-6-7-18(22-12-15)24(3)4/h6-7,10-13H,8-9H2,1-5H3,(H,23,25). The van der Waals surface area contributed by atoms with Gasteiger partial charge in [-0.05, 0) is 36.6 Å². The summed E-state index contributed by atoms with van der Waals surface area (Å²) in [7, 11) is 5.33. The average Bonchev–Trinajstić information content (AvgIpc) is 2.62. The summed E-state index contributed by atoms with van der Waals surface area (Å²) in [6, 6.07) is 6.82. The molecule has 1 amide bonds. The summed E-state index contributed by atoms with van der Waals surface area (Å²) in [5, 5.41) is 3.14. The lowest BCUT2D eigenvalue weighted by molar-refractivity contribution is 0.102. The van der Waals surface area contributed by atoms with Crippen LogP contribution in [0.1, 0.15) is 30.6 Å². The monoisotopic (exact) mass is 391 g/mol. The third-order valence-corrected chi connectivity index (χ3v) is 4.18. The molecule has 7 heteroatoms. The Morgan fingerprint density at radius 1 is 1.30 bits per heavy atom. The molecular formula is C20H26ClN3O3. The quantitative estimate of drug-likeness (QED) is 0.718. The number of aromatic nitrogens is 1. The summed E-state index contributed by atoms with van der Waals surface area (Å²) >= 11 is 6.33. The van der Waals surface area contributed by atoms with E-state index in [1.54, 1.807) is 24.4 Å². The van der Waals surface area contributed by atoms with Gasteiger partial charge in [0, 0.05) is 19.7 Å². The Kier molecular flexibility index (Phi) is 7.30. The fraction of sp³-hybridized carbons (Fsp3) is 0.400. The highest BCUT2D eigenvalue weighted by molar-refractivity contribution is 6.32. The van der Waals surface area contributed by atoms with Gasteiger partial charge in [0.1, 0.15) is 5.82 Å². The van der Waals surface area contributed by atoms with Crippen LogP contribution in [0.15, 0.2) is 30.5 Å². The molecule has 0 spiro atoms. The number of nitrogens with one attached hydrogen (secondary N) is 1. The van der Waals surface area contributed by atoms with Crippen LogP contribution in [0.25, 0.3) is 0 Å². The summed E-state index contributed by atoms with van der Waals surface area (Å²) in [5.41, 5.74) is 0.975. The molecular weight excluding hydrogens is 366 g/mol. The minimum Gasteiger partial charge on any atom is -0.493 e. The molecule has 0 aliphatic carbocycles. The van der Waals surface area contributed by atoms with E-state index in [9.17, 15) is 4.79 Å². The molecule has 0 radical (unpaired) electrons. The molecule has 0 atom stereocenters. The first-order valence-electron chi connectivity index (χ1n) is 8.77. The molecule has 146 valence electrons. The summed E-state index contributed by atoms with van der Waals surface area (Å²) in [5.74, 6) is 1.90. The topological polar surface area (TPSA) is 63.7 Å². The lowest BCUT2D eigenvalue weighted by atomic mass is 10.1. The Hall–Kier alpha value is -2.47. The van der Waals surface area contributed by atoms with Gasteiger partial charge >= 0.3 is 0 Å². The number of rotatable bonds is 8. The van der Waals surface area contributed by atoms with Gasteiger partial charge < -0.3 is 19.7 Å². The molecule has 1 aromatic heterocycles. The van der Waals surface area contributed by atoms with Crippen molar-refractivity contribution in [2.75, 3.05) is 38.0 Å². The number of nitrogens with zero attached hydrogens (tertiary/aromatic N) is 2. The third kappa shape index (κ3) is 5.76. The van der Waals surface area contributed by atoms with Gasteiger partial charge in [-0.15, -0.1) is 0 Å². The van der Waals surface area contributed by atoms with Gasteiger partial charge in [0.15, 0.2) is 11.5 Å². The summed E-state index contributed by atoms with van der Waals surface area (Å²) in [6.07, 6.45) is 2.51. The van der Waals surface area contributed by atoms with Gasteiger partial charge in [-0.2, -0.15) is 0 Å². The Morgan fingerprint density at radius 2 is 2.04 bits per heavy atom. The highest BCUT2D eigenvalue weighted by Gasteiger charge is 2.16. The number of benzene rings is 1. The second kappa shape index (κ2) is 9.46. The van der Waals surface area contributed by atoms with Crippen molar-refractivity contribution in [3.05, 3.63) is 41.0 Å². The van der Waals surface area contributed by atoms with Crippen LogP contribution >= 0.6 is 11.6 Å². The van der Waals surface area contributed by atoms with Crippen LogP contribution in [0.2, 0.25) is 5.02 Å². The molecule has 2 rings (SSSR count). The van der Waals surface area contributed by atoms with Crippen molar-refractivity contribution < 1.29 is 14.3 Å². The van der Waals surface area contributed by atoms with Crippen LogP contribution in [0.5, 0.6) is 11.5 Å². The second-order valence-corrected chi connectivity index (χ2v) is 7.18. The van der Waals surface area contributed by atoms with Crippen molar-refractivity contribution in [2.24, 2.45) is 5.92 Å². The fourth-order valence-electron chi connectivity index (χ4n) is 2.32. The van der Waals surface area contributed by atoms with E-state index in [4.69, 9.17) is 21.1 Å². The number of amides is 1. The predicted octanol–water partition coefficient (Wildman–Crippen LogP) is 4.49. The van der Waals surface area contributed by atoms with Crippen LogP contribution in [-0.4, -0.2) is 38.7 Å². The number of hydrogen-bond donors (Lipinski definition) is 1. The number of carbonyl (C=O) groups is 1. The van der Waals surface area contributed by atoms with Gasteiger partial charge in [-0.3, -0.25) is 4.79 Å². The van der Waals surface area contributed by atoms with Gasteiger partial charge in [-0.25, -0.2) is 4.98 Å². The number of halogens is 1. The minimum absolute atomic E-state index is 0.302. The maximum Gasteiger partial charge on any atom is 0.255 e. The van der Waals surface area contributed by atoms with Crippen molar-refractivity contribution in [2.45, 2.75) is 20.3 Å². The molecule has 0 aliphatic heterocycles. The lowest BCUT2D eigenvalue weighted by Crippen LogP contribution is -2.14. The molecule has 1 aromatic carbocycles. The van der Waals surface area contributed by atoms with E-state index < -0.39 is 0 Å². The lowest BCUT2D eigenvalue weighted by Gasteiger charge is -2.15. The van der Waals surface area contributed by atoms with Crippen LogP contribution in [-0.2, 0) is 0 Å². The first kappa shape index (κ1) is 20.8. The number of pyridine rings is 1. The maximum atomic E-state index is 12.6. The molecule has 0 unspecified atom stereocenters. The normalized spacial score (nSPS) is 10.6. The summed E-state index contributed by atoms with van der Waals surface area (Å²) in [6.45, 7) is 4.77. The van der Waals surface area contributed by atoms with Gasteiger partial charge in [0.25, 0.3) is 5.91 Å².